The first kappa shape index (κ1) is 23.1. The number of hydrogen-bond acceptors (Lipinski definition) is 0. The summed E-state index contributed by atoms with van der Waals surface area (Å²) < 4.78 is 3.59. The van der Waals surface area contributed by atoms with Crippen LogP contribution < -0.4 is 0 Å². The van der Waals surface area contributed by atoms with Crippen LogP contribution in [0.1, 0.15) is 17.5 Å². The van der Waals surface area contributed by atoms with Gasteiger partial charge >= 0.3 is 186 Å². The first-order chi connectivity index (χ1) is 12.5. The fraction of sp³-hybridized carbons (Fsp3) is 0.0870. The van der Waals surface area contributed by atoms with E-state index in [2.05, 4.69) is 137 Å². The quantitative estimate of drug-likeness (QED) is 0.441. The number of aryl methyl sites for hydroxylation is 1. The van der Waals surface area contributed by atoms with Crippen LogP contribution in [0.15, 0.2) is 91.6 Å². The van der Waals surface area contributed by atoms with E-state index in [1.807, 2.05) is 12.2 Å². The van der Waals surface area contributed by atoms with Crippen LogP contribution in [0.25, 0.3) is 6.08 Å². The van der Waals surface area contributed by atoms with Crippen LogP contribution >= 0.6 is 0 Å². The van der Waals surface area contributed by atoms with Gasteiger partial charge in [0, 0.05) is 0 Å². The van der Waals surface area contributed by atoms with Gasteiger partial charge in [-0.05, 0) is 0 Å². The van der Waals surface area contributed by atoms with Gasteiger partial charge in [0.15, 0.2) is 0 Å². The molecule has 0 saturated heterocycles. The molecule has 0 heterocycles. The molecule has 0 aromatic heterocycles. The van der Waals surface area contributed by atoms with E-state index in [-0.39, 0.29) is 0 Å². The number of hydrogen-bond donors (Lipinski definition) is 0. The van der Waals surface area contributed by atoms with Crippen molar-refractivity contribution in [3.8, 4) is 0 Å². The molecule has 1 rings (SSSR count). The molecule has 0 aliphatic heterocycles. The van der Waals surface area contributed by atoms with Crippen LogP contribution in [0.3, 0.4) is 0 Å². The van der Waals surface area contributed by atoms with E-state index >= 15 is 0 Å². The standard InChI is InChI=1S/C23H22.3V/c1-3-4-5-6-7-8-9-10-11-12-13-14-15-16-20-23-21-18-17-19-22(23)2;;;/h3-5,8-11,14-21H,1,12H2,2H3;;;/q;;;+2. The molecule has 0 N–H and O–H groups in total. The number of rotatable bonds is 10. The SMILES string of the molecule is C=CC=C[C](=[V+2])[C](=[V])C=CC=CC[C](=[V])C=CC=Cc1ccccc1C. The number of allylic oxidation sites excluding steroid dienone is 10. The topological polar surface area (TPSA) is 0 Å². The van der Waals surface area contributed by atoms with Crippen molar-refractivity contribution in [3.05, 3.63) is 103 Å². The summed E-state index contributed by atoms with van der Waals surface area (Å²) >= 11 is 7.78. The molecule has 127 valence electrons. The summed E-state index contributed by atoms with van der Waals surface area (Å²) in [7, 11) is 0. The van der Waals surface area contributed by atoms with Gasteiger partial charge in [-0.15, -0.1) is 0 Å². The van der Waals surface area contributed by atoms with Crippen molar-refractivity contribution in [2.24, 2.45) is 0 Å². The van der Waals surface area contributed by atoms with Crippen molar-refractivity contribution in [3.63, 3.8) is 0 Å². The fourth-order valence-corrected chi connectivity index (χ4v) is 2.71. The molecule has 1 aromatic rings. The van der Waals surface area contributed by atoms with E-state index in [9.17, 15) is 0 Å². The van der Waals surface area contributed by atoms with Crippen LogP contribution in [0.4, 0.5) is 0 Å². The molecule has 0 aliphatic rings. The Balaban J connectivity index is 2.40. The maximum atomic E-state index is 3.68. The molecule has 0 unspecified atom stereocenters. The third-order valence-electron chi connectivity index (χ3n) is 3.34. The van der Waals surface area contributed by atoms with Crippen molar-refractivity contribution >= 4 is 18.8 Å². The summed E-state index contributed by atoms with van der Waals surface area (Å²) in [6, 6.07) is 8.38. The second-order valence-corrected chi connectivity index (χ2v) is 7.82. The summed E-state index contributed by atoms with van der Waals surface area (Å²) in [5.41, 5.74) is 2.55. The maximum absolute atomic E-state index is 3.68. The van der Waals surface area contributed by atoms with Gasteiger partial charge in [-0.1, -0.05) is 0 Å². The van der Waals surface area contributed by atoms with Crippen molar-refractivity contribution in [1.82, 2.24) is 0 Å². The zero-order valence-corrected chi connectivity index (χ0v) is 19.1. The first-order valence-electron chi connectivity index (χ1n) is 8.24. The Kier molecular flexibility index (Phi) is 12.5. The third-order valence-corrected chi connectivity index (χ3v) is 5.53. The normalized spacial score (nSPS) is 12.0. The van der Waals surface area contributed by atoms with E-state index in [1.165, 1.54) is 15.4 Å². The average Bonchev–Trinajstić information content (AvgIpc) is 2.64. The molecular weight excluding hydrogens is 429 g/mol. The Bertz CT molecular complexity index is 802. The van der Waals surface area contributed by atoms with Gasteiger partial charge in [-0.3, -0.25) is 0 Å². The molecule has 26 heavy (non-hydrogen) atoms. The van der Waals surface area contributed by atoms with Gasteiger partial charge in [-0.25, -0.2) is 0 Å². The zero-order valence-electron chi connectivity index (χ0n) is 14.9. The average molecular weight is 451 g/mol. The Morgan fingerprint density at radius 3 is 2.46 bits per heavy atom. The second-order valence-electron chi connectivity index (χ2n) is 5.42. The van der Waals surface area contributed by atoms with Gasteiger partial charge < -0.3 is 0 Å². The molecule has 0 radical (unpaired) electrons. The first-order valence-corrected chi connectivity index (χ1v) is 10.3. The van der Waals surface area contributed by atoms with Gasteiger partial charge in [0.1, 0.15) is 0 Å². The molecule has 0 spiro atoms. The minimum atomic E-state index is 0.919. The van der Waals surface area contributed by atoms with E-state index in [4.69, 9.17) is 0 Å². The van der Waals surface area contributed by atoms with Crippen molar-refractivity contribution in [2.75, 3.05) is 0 Å². The summed E-state index contributed by atoms with van der Waals surface area (Å²) in [5, 5.41) is 0. The van der Waals surface area contributed by atoms with Crippen LogP contribution in [0.2, 0.25) is 0 Å². The summed E-state index contributed by atoms with van der Waals surface area (Å²) in [4.78, 5) is 0. The van der Waals surface area contributed by atoms with Crippen molar-refractivity contribution in [2.45, 2.75) is 13.3 Å². The molecule has 1 aromatic carbocycles. The van der Waals surface area contributed by atoms with Crippen LogP contribution in [-0.2, 0) is 50.9 Å². The summed E-state index contributed by atoms with van der Waals surface area (Å²) in [6.07, 6.45) is 23.5. The summed E-state index contributed by atoms with van der Waals surface area (Å²) in [6.45, 7) is 5.80. The van der Waals surface area contributed by atoms with Crippen molar-refractivity contribution in [1.29, 1.82) is 0 Å². The van der Waals surface area contributed by atoms with Crippen LogP contribution in [-0.4, -0.2) is 12.7 Å². The second kappa shape index (κ2) is 14.1. The van der Waals surface area contributed by atoms with Gasteiger partial charge in [0.25, 0.3) is 0 Å². The minimum absolute atomic E-state index is 0.919. The van der Waals surface area contributed by atoms with Gasteiger partial charge in [-0.2, -0.15) is 0 Å². The molecule has 0 fully saturated rings. The zero-order chi connectivity index (χ0) is 19.2. The van der Waals surface area contributed by atoms with Crippen molar-refractivity contribution < 1.29 is 50.9 Å². The Morgan fingerprint density at radius 1 is 1.00 bits per heavy atom. The molecule has 0 saturated carbocycles. The van der Waals surface area contributed by atoms with E-state index in [0.717, 1.165) is 14.9 Å². The molecule has 3 heteroatoms. The molecule has 0 atom stereocenters. The van der Waals surface area contributed by atoms with E-state index in [1.54, 1.807) is 6.08 Å². The van der Waals surface area contributed by atoms with Crippen LogP contribution in [0.5, 0.6) is 0 Å². The van der Waals surface area contributed by atoms with Gasteiger partial charge in [0.05, 0.1) is 0 Å². The Labute approximate surface area is 184 Å². The molecule has 0 nitrogen and oxygen atoms in total. The predicted molar refractivity (Wildman–Crippen MR) is 107 cm³/mol. The molecule has 0 aliphatic carbocycles. The fourth-order valence-electron chi connectivity index (χ4n) is 1.91. The third kappa shape index (κ3) is 10.2. The molecule has 0 bridgehead atoms. The molecule has 0 amide bonds. The van der Waals surface area contributed by atoms with E-state index in [0.29, 0.717) is 0 Å². The summed E-state index contributed by atoms with van der Waals surface area (Å²) in [5.74, 6) is 0. The van der Waals surface area contributed by atoms with E-state index < -0.39 is 0 Å². The predicted octanol–water partition coefficient (Wildman–Crippen LogP) is 4.97. The monoisotopic (exact) mass is 451 g/mol. The van der Waals surface area contributed by atoms with Crippen LogP contribution in [0, 0.1) is 6.92 Å². The Morgan fingerprint density at radius 2 is 1.73 bits per heavy atom. The molecular formula is C23H22V3+2. The Hall–Kier alpha value is -0.977. The number of benzene rings is 1. The van der Waals surface area contributed by atoms with Gasteiger partial charge in [0.2, 0.25) is 0 Å².